The second-order valence-corrected chi connectivity index (χ2v) is 5.17. The van der Waals surface area contributed by atoms with Crippen molar-refractivity contribution in [2.24, 2.45) is 0 Å². The summed E-state index contributed by atoms with van der Waals surface area (Å²) in [5, 5.41) is 8.90. The maximum atomic E-state index is 12.4. The summed E-state index contributed by atoms with van der Waals surface area (Å²) < 4.78 is 10.9. The number of carbonyl (C=O) groups excluding carboxylic acids is 1. The maximum Gasteiger partial charge on any atom is 0.323 e. The number of nitrogens with zero attached hydrogens (tertiary/aromatic N) is 1. The van der Waals surface area contributed by atoms with E-state index in [0.717, 1.165) is 0 Å². The van der Waals surface area contributed by atoms with Crippen molar-refractivity contribution in [1.82, 2.24) is 4.90 Å². The number of amides is 1. The minimum Gasteiger partial charge on any atom is -0.493 e. The van der Waals surface area contributed by atoms with Gasteiger partial charge in [-0.2, -0.15) is 0 Å². The lowest BCUT2D eigenvalue weighted by Crippen LogP contribution is -2.36. The third kappa shape index (κ3) is 4.35. The molecule has 0 radical (unpaired) electrons. The van der Waals surface area contributed by atoms with Crippen LogP contribution in [-0.2, 0) is 4.79 Å². The lowest BCUT2D eigenvalue weighted by molar-refractivity contribution is -0.137. The highest BCUT2D eigenvalue weighted by molar-refractivity contribution is 9.10. The molecular formula is C14H18BrNO5. The smallest absolute Gasteiger partial charge is 0.323 e. The summed E-state index contributed by atoms with van der Waals surface area (Å²) in [4.78, 5) is 24.6. The van der Waals surface area contributed by atoms with Gasteiger partial charge in [0, 0.05) is 12.1 Å². The van der Waals surface area contributed by atoms with Gasteiger partial charge in [-0.15, -0.1) is 0 Å². The highest BCUT2D eigenvalue weighted by Gasteiger charge is 2.21. The van der Waals surface area contributed by atoms with Crippen LogP contribution in [-0.4, -0.2) is 49.2 Å². The Morgan fingerprint density at radius 2 is 1.95 bits per heavy atom. The predicted octanol–water partition coefficient (Wildman–Crippen LogP) is 2.40. The molecule has 0 bridgehead atoms. The van der Waals surface area contributed by atoms with E-state index in [9.17, 15) is 9.59 Å². The van der Waals surface area contributed by atoms with Crippen LogP contribution in [0.5, 0.6) is 11.5 Å². The number of carboxylic acid groups (broad SMARTS) is 1. The standard InChI is InChI=1S/C14H18BrNO5/c1-4-5-16(8-12(17)18)14(19)9-6-10(15)13(21-3)11(7-9)20-2/h6-7H,4-5,8H2,1-3H3,(H,17,18). The molecule has 0 saturated carbocycles. The molecule has 1 aromatic rings. The van der Waals surface area contributed by atoms with Crippen molar-refractivity contribution >= 4 is 27.8 Å². The molecule has 116 valence electrons. The molecule has 6 nitrogen and oxygen atoms in total. The Morgan fingerprint density at radius 1 is 1.29 bits per heavy atom. The number of hydrogen-bond donors (Lipinski definition) is 1. The molecule has 0 aliphatic rings. The van der Waals surface area contributed by atoms with Crippen molar-refractivity contribution in [3.05, 3.63) is 22.2 Å². The molecule has 0 aromatic heterocycles. The van der Waals surface area contributed by atoms with E-state index in [4.69, 9.17) is 14.6 Å². The van der Waals surface area contributed by atoms with Crippen LogP contribution in [0.15, 0.2) is 16.6 Å². The van der Waals surface area contributed by atoms with Crippen LogP contribution in [0.1, 0.15) is 23.7 Å². The Bertz CT molecular complexity index is 532. The van der Waals surface area contributed by atoms with E-state index in [1.165, 1.54) is 25.2 Å². The first kappa shape index (κ1) is 17.3. The zero-order chi connectivity index (χ0) is 16.0. The van der Waals surface area contributed by atoms with E-state index in [1.807, 2.05) is 6.92 Å². The second kappa shape index (κ2) is 7.87. The third-order valence-electron chi connectivity index (χ3n) is 2.79. The van der Waals surface area contributed by atoms with Gasteiger partial charge in [-0.3, -0.25) is 9.59 Å². The number of carbonyl (C=O) groups is 2. The topological polar surface area (TPSA) is 76.1 Å². The van der Waals surface area contributed by atoms with E-state index in [0.29, 0.717) is 34.5 Å². The van der Waals surface area contributed by atoms with E-state index in [-0.39, 0.29) is 12.5 Å². The molecule has 0 unspecified atom stereocenters. The molecule has 1 aromatic carbocycles. The Labute approximate surface area is 131 Å². The minimum atomic E-state index is -1.05. The number of ether oxygens (including phenoxy) is 2. The molecule has 1 N–H and O–H groups in total. The quantitative estimate of drug-likeness (QED) is 0.808. The van der Waals surface area contributed by atoms with Crippen molar-refractivity contribution in [2.45, 2.75) is 13.3 Å². The number of methoxy groups -OCH3 is 2. The molecule has 0 saturated heterocycles. The summed E-state index contributed by atoms with van der Waals surface area (Å²) in [7, 11) is 2.97. The van der Waals surface area contributed by atoms with Gasteiger partial charge in [0.2, 0.25) is 0 Å². The highest BCUT2D eigenvalue weighted by atomic mass is 79.9. The molecule has 0 aliphatic carbocycles. The number of halogens is 1. The van der Waals surface area contributed by atoms with Crippen LogP contribution < -0.4 is 9.47 Å². The number of hydrogen-bond acceptors (Lipinski definition) is 4. The van der Waals surface area contributed by atoms with Crippen molar-refractivity contribution in [3.8, 4) is 11.5 Å². The average molecular weight is 360 g/mol. The zero-order valence-corrected chi connectivity index (χ0v) is 13.8. The van der Waals surface area contributed by atoms with Gasteiger partial charge < -0.3 is 19.5 Å². The molecule has 0 spiro atoms. The molecule has 1 rings (SSSR count). The summed E-state index contributed by atoms with van der Waals surface area (Å²) in [6.45, 7) is 1.92. The summed E-state index contributed by atoms with van der Waals surface area (Å²) in [5.41, 5.74) is 0.342. The Morgan fingerprint density at radius 3 is 2.43 bits per heavy atom. The lowest BCUT2D eigenvalue weighted by Gasteiger charge is -2.21. The highest BCUT2D eigenvalue weighted by Crippen LogP contribution is 2.36. The summed E-state index contributed by atoms with van der Waals surface area (Å²) in [5.74, 6) is -0.520. The first-order valence-corrected chi connectivity index (χ1v) is 7.16. The van der Waals surface area contributed by atoms with Crippen molar-refractivity contribution in [1.29, 1.82) is 0 Å². The van der Waals surface area contributed by atoms with Gasteiger partial charge in [0.25, 0.3) is 5.91 Å². The molecule has 21 heavy (non-hydrogen) atoms. The van der Waals surface area contributed by atoms with Crippen LogP contribution in [0.3, 0.4) is 0 Å². The molecule has 1 amide bonds. The SMILES string of the molecule is CCCN(CC(=O)O)C(=O)c1cc(Br)c(OC)c(OC)c1. The molecule has 0 aliphatic heterocycles. The molecule has 0 fully saturated rings. The van der Waals surface area contributed by atoms with Gasteiger partial charge in [-0.25, -0.2) is 0 Å². The largest absolute Gasteiger partial charge is 0.493 e. The fraction of sp³-hybridized carbons (Fsp3) is 0.429. The minimum absolute atomic E-state index is 0.335. The summed E-state index contributed by atoms with van der Waals surface area (Å²) >= 11 is 3.31. The Kier molecular flexibility index (Phi) is 6.48. The molecular weight excluding hydrogens is 342 g/mol. The van der Waals surface area contributed by atoms with E-state index >= 15 is 0 Å². The molecule has 7 heteroatoms. The van der Waals surface area contributed by atoms with Gasteiger partial charge in [-0.1, -0.05) is 6.92 Å². The van der Waals surface area contributed by atoms with Gasteiger partial charge in [0.05, 0.1) is 18.7 Å². The third-order valence-corrected chi connectivity index (χ3v) is 3.38. The van der Waals surface area contributed by atoms with E-state index in [1.54, 1.807) is 6.07 Å². The monoisotopic (exact) mass is 359 g/mol. The van der Waals surface area contributed by atoms with Crippen LogP contribution >= 0.6 is 15.9 Å². The van der Waals surface area contributed by atoms with Crippen LogP contribution in [0.25, 0.3) is 0 Å². The maximum absolute atomic E-state index is 12.4. The number of aliphatic carboxylic acids is 1. The van der Waals surface area contributed by atoms with Crippen molar-refractivity contribution in [3.63, 3.8) is 0 Å². The van der Waals surface area contributed by atoms with E-state index in [2.05, 4.69) is 15.9 Å². The molecule has 0 heterocycles. The van der Waals surface area contributed by atoms with Crippen molar-refractivity contribution in [2.75, 3.05) is 27.3 Å². The summed E-state index contributed by atoms with van der Waals surface area (Å²) in [6.07, 6.45) is 0.674. The normalized spacial score (nSPS) is 10.1. The Balaban J connectivity index is 3.15. The van der Waals surface area contributed by atoms with Gasteiger partial charge in [0.1, 0.15) is 6.54 Å². The number of carboxylic acids is 1. The van der Waals surface area contributed by atoms with Crippen LogP contribution in [0.4, 0.5) is 0 Å². The predicted molar refractivity (Wildman–Crippen MR) is 81.1 cm³/mol. The first-order chi connectivity index (χ1) is 9.94. The second-order valence-electron chi connectivity index (χ2n) is 4.31. The van der Waals surface area contributed by atoms with Gasteiger partial charge >= 0.3 is 5.97 Å². The fourth-order valence-electron chi connectivity index (χ4n) is 1.91. The summed E-state index contributed by atoms with van der Waals surface area (Å²) in [6, 6.07) is 3.13. The van der Waals surface area contributed by atoms with Gasteiger partial charge in [0.15, 0.2) is 11.5 Å². The molecule has 0 atom stereocenters. The Hall–Kier alpha value is -1.76. The fourth-order valence-corrected chi connectivity index (χ4v) is 2.51. The van der Waals surface area contributed by atoms with Gasteiger partial charge in [-0.05, 0) is 34.5 Å². The number of benzene rings is 1. The first-order valence-electron chi connectivity index (χ1n) is 6.37. The van der Waals surface area contributed by atoms with E-state index < -0.39 is 5.97 Å². The average Bonchev–Trinajstić information content (AvgIpc) is 2.44. The number of rotatable bonds is 7. The van der Waals surface area contributed by atoms with Crippen LogP contribution in [0.2, 0.25) is 0 Å². The lowest BCUT2D eigenvalue weighted by atomic mass is 10.1. The van der Waals surface area contributed by atoms with Crippen LogP contribution in [0, 0.1) is 0 Å². The zero-order valence-electron chi connectivity index (χ0n) is 12.2. The van der Waals surface area contributed by atoms with Crippen molar-refractivity contribution < 1.29 is 24.2 Å².